The highest BCUT2D eigenvalue weighted by Crippen LogP contribution is 2.30. The highest BCUT2D eigenvalue weighted by Gasteiger charge is 2.22. The van der Waals surface area contributed by atoms with E-state index >= 15 is 0 Å². The molecule has 7 heteroatoms. The van der Waals surface area contributed by atoms with Gasteiger partial charge in [0.05, 0.1) is 16.4 Å². The van der Waals surface area contributed by atoms with E-state index in [1.807, 2.05) is 6.92 Å². The van der Waals surface area contributed by atoms with E-state index in [0.717, 1.165) is 42.5 Å². The van der Waals surface area contributed by atoms with E-state index in [2.05, 4.69) is 41.0 Å². The first-order valence-corrected chi connectivity index (χ1v) is 9.60. The molecule has 0 bridgehead atoms. The third-order valence-corrected chi connectivity index (χ3v) is 6.45. The maximum absolute atomic E-state index is 12.5. The topological polar surface area (TPSA) is 58.1 Å². The molecule has 124 valence electrons. The highest BCUT2D eigenvalue weighted by atomic mass is 32.1. The van der Waals surface area contributed by atoms with Crippen molar-refractivity contribution in [3.63, 3.8) is 0 Å². The fourth-order valence-corrected chi connectivity index (χ4v) is 4.61. The summed E-state index contributed by atoms with van der Waals surface area (Å²) in [5, 5.41) is 4.67. The summed E-state index contributed by atoms with van der Waals surface area (Å²) in [7, 11) is 0. The van der Waals surface area contributed by atoms with Gasteiger partial charge in [-0.2, -0.15) is 0 Å². The Bertz CT molecular complexity index is 720. The van der Waals surface area contributed by atoms with Gasteiger partial charge in [-0.05, 0) is 13.5 Å². The summed E-state index contributed by atoms with van der Waals surface area (Å²) >= 11 is 3.08. The van der Waals surface area contributed by atoms with E-state index in [-0.39, 0.29) is 5.91 Å². The summed E-state index contributed by atoms with van der Waals surface area (Å²) in [4.78, 5) is 26.0. The van der Waals surface area contributed by atoms with E-state index in [0.29, 0.717) is 15.9 Å². The summed E-state index contributed by atoms with van der Waals surface area (Å²) in [5.41, 5.74) is 1.94. The average molecular weight is 351 g/mol. The molecule has 0 fully saturated rings. The van der Waals surface area contributed by atoms with Crippen molar-refractivity contribution in [2.45, 2.75) is 46.6 Å². The van der Waals surface area contributed by atoms with Gasteiger partial charge in [0, 0.05) is 30.3 Å². The fourth-order valence-electron chi connectivity index (χ4n) is 2.60. The van der Waals surface area contributed by atoms with Gasteiger partial charge in [0.1, 0.15) is 4.88 Å². The molecule has 2 aromatic heterocycles. The van der Waals surface area contributed by atoms with Crippen LogP contribution in [0.3, 0.4) is 0 Å². The molecule has 2 aromatic rings. The first-order valence-electron chi connectivity index (χ1n) is 7.97. The number of anilines is 1. The van der Waals surface area contributed by atoms with Crippen LogP contribution in [0.1, 0.15) is 57.6 Å². The lowest BCUT2D eigenvalue weighted by atomic mass is 10.2. The van der Waals surface area contributed by atoms with Crippen LogP contribution in [0, 0.1) is 6.92 Å². The Labute approximate surface area is 144 Å². The van der Waals surface area contributed by atoms with Crippen molar-refractivity contribution in [1.29, 1.82) is 0 Å². The summed E-state index contributed by atoms with van der Waals surface area (Å²) in [5.74, 6) is 0.248. The van der Waals surface area contributed by atoms with Gasteiger partial charge in [-0.25, -0.2) is 9.97 Å². The Morgan fingerprint density at radius 2 is 2.13 bits per heavy atom. The van der Waals surface area contributed by atoms with Gasteiger partial charge >= 0.3 is 0 Å². The number of thiazole rings is 2. The third kappa shape index (κ3) is 3.46. The maximum atomic E-state index is 12.5. The Hall–Kier alpha value is -1.31. The van der Waals surface area contributed by atoms with Crippen molar-refractivity contribution >= 4 is 33.7 Å². The van der Waals surface area contributed by atoms with Crippen molar-refractivity contribution < 1.29 is 4.79 Å². The van der Waals surface area contributed by atoms with Crippen LogP contribution in [0.2, 0.25) is 0 Å². The van der Waals surface area contributed by atoms with Crippen LogP contribution < -0.4 is 5.32 Å². The maximum Gasteiger partial charge on any atom is 0.269 e. The molecule has 0 atom stereocenters. The normalized spacial score (nSPS) is 15.0. The third-order valence-electron chi connectivity index (χ3n) is 3.99. The minimum Gasteiger partial charge on any atom is -0.298 e. The van der Waals surface area contributed by atoms with Crippen molar-refractivity contribution in [2.24, 2.45) is 0 Å². The second kappa shape index (κ2) is 6.67. The van der Waals surface area contributed by atoms with E-state index < -0.39 is 0 Å². The highest BCUT2D eigenvalue weighted by molar-refractivity contribution is 7.16. The predicted molar refractivity (Wildman–Crippen MR) is 95.7 cm³/mol. The zero-order chi connectivity index (χ0) is 16.6. The molecular weight excluding hydrogens is 328 g/mol. The molecule has 1 aliphatic heterocycles. The summed E-state index contributed by atoms with van der Waals surface area (Å²) in [6.45, 7) is 11.3. The molecule has 0 aromatic carbocycles. The number of fused-ring (bicyclic) bond motifs is 1. The summed E-state index contributed by atoms with van der Waals surface area (Å²) in [6, 6.07) is 0. The van der Waals surface area contributed by atoms with Crippen molar-refractivity contribution in [3.8, 4) is 0 Å². The zero-order valence-corrected chi connectivity index (χ0v) is 15.6. The molecule has 0 saturated carbocycles. The first-order chi connectivity index (χ1) is 11.0. The number of nitrogens with zero attached hydrogens (tertiary/aromatic N) is 3. The number of hydrogen-bond donors (Lipinski definition) is 1. The SMILES string of the molecule is CCN1CCc2nc(NC(=O)c3sc(C(C)C)nc3C)sc2C1. The lowest BCUT2D eigenvalue weighted by molar-refractivity contribution is 0.103. The van der Waals surface area contributed by atoms with Crippen LogP contribution in [0.25, 0.3) is 0 Å². The number of aryl methyl sites for hydroxylation is 1. The van der Waals surface area contributed by atoms with Gasteiger partial charge in [0.15, 0.2) is 5.13 Å². The van der Waals surface area contributed by atoms with Crippen LogP contribution in [0.15, 0.2) is 0 Å². The number of aromatic nitrogens is 2. The van der Waals surface area contributed by atoms with E-state index in [4.69, 9.17) is 0 Å². The number of hydrogen-bond acceptors (Lipinski definition) is 6. The first kappa shape index (κ1) is 16.5. The van der Waals surface area contributed by atoms with Crippen LogP contribution in [-0.2, 0) is 13.0 Å². The number of amides is 1. The molecule has 3 heterocycles. The lowest BCUT2D eigenvalue weighted by Gasteiger charge is -2.23. The number of nitrogens with one attached hydrogen (secondary N) is 1. The van der Waals surface area contributed by atoms with Crippen LogP contribution in [0.4, 0.5) is 5.13 Å². The number of rotatable bonds is 4. The Kier molecular flexibility index (Phi) is 4.79. The quantitative estimate of drug-likeness (QED) is 0.914. The van der Waals surface area contributed by atoms with E-state index in [1.165, 1.54) is 16.2 Å². The molecular formula is C16H22N4OS2. The molecule has 0 radical (unpaired) electrons. The molecule has 0 spiro atoms. The predicted octanol–water partition coefficient (Wildman–Crippen LogP) is 3.66. The number of carbonyl (C=O) groups is 1. The molecule has 1 amide bonds. The van der Waals surface area contributed by atoms with Crippen molar-refractivity contribution in [1.82, 2.24) is 14.9 Å². The molecule has 5 nitrogen and oxygen atoms in total. The monoisotopic (exact) mass is 350 g/mol. The van der Waals surface area contributed by atoms with Gasteiger partial charge in [-0.3, -0.25) is 15.0 Å². The molecule has 0 aliphatic carbocycles. The van der Waals surface area contributed by atoms with Gasteiger partial charge in [-0.15, -0.1) is 22.7 Å². The zero-order valence-electron chi connectivity index (χ0n) is 14.0. The number of carbonyl (C=O) groups excluding carboxylic acids is 1. The molecule has 3 rings (SSSR count). The molecule has 1 N–H and O–H groups in total. The second-order valence-corrected chi connectivity index (χ2v) is 8.20. The summed E-state index contributed by atoms with van der Waals surface area (Å²) in [6.07, 6.45) is 0.965. The summed E-state index contributed by atoms with van der Waals surface area (Å²) < 4.78 is 0. The smallest absolute Gasteiger partial charge is 0.269 e. The standard InChI is InChI=1S/C16H22N4OS2/c1-5-20-7-6-11-12(8-20)22-16(18-11)19-14(21)13-10(4)17-15(23-13)9(2)3/h9H,5-8H2,1-4H3,(H,18,19,21). The fraction of sp³-hybridized carbons (Fsp3) is 0.562. The van der Waals surface area contributed by atoms with Crippen molar-refractivity contribution in [2.75, 3.05) is 18.4 Å². The Morgan fingerprint density at radius 3 is 2.78 bits per heavy atom. The van der Waals surface area contributed by atoms with Crippen molar-refractivity contribution in [3.05, 3.63) is 26.1 Å². The largest absolute Gasteiger partial charge is 0.298 e. The molecule has 23 heavy (non-hydrogen) atoms. The van der Waals surface area contributed by atoms with Crippen LogP contribution >= 0.6 is 22.7 Å². The second-order valence-electron chi connectivity index (χ2n) is 6.08. The van der Waals surface area contributed by atoms with Crippen LogP contribution in [-0.4, -0.2) is 33.9 Å². The Balaban J connectivity index is 1.75. The van der Waals surface area contributed by atoms with Gasteiger partial charge in [0.2, 0.25) is 0 Å². The molecule has 1 aliphatic rings. The lowest BCUT2D eigenvalue weighted by Crippen LogP contribution is -2.29. The molecule has 0 unspecified atom stereocenters. The minimum absolute atomic E-state index is 0.0923. The minimum atomic E-state index is -0.0923. The van der Waals surface area contributed by atoms with Gasteiger partial charge < -0.3 is 0 Å². The number of likely N-dealkylation sites (N-methyl/N-ethyl adjacent to an activating group) is 1. The van der Waals surface area contributed by atoms with E-state index in [9.17, 15) is 4.79 Å². The van der Waals surface area contributed by atoms with Gasteiger partial charge in [-0.1, -0.05) is 20.8 Å². The average Bonchev–Trinajstić information content (AvgIpc) is 3.09. The van der Waals surface area contributed by atoms with E-state index in [1.54, 1.807) is 11.3 Å². The van der Waals surface area contributed by atoms with Gasteiger partial charge in [0.25, 0.3) is 5.91 Å². The van der Waals surface area contributed by atoms with Crippen LogP contribution in [0.5, 0.6) is 0 Å². The Morgan fingerprint density at radius 1 is 1.35 bits per heavy atom. The molecule has 0 saturated heterocycles.